The molecule has 8 nitrogen and oxygen atoms in total. The van der Waals surface area contributed by atoms with Gasteiger partial charge >= 0.3 is 5.97 Å². The fraction of sp³-hybridized carbons (Fsp3) is 0.296. The monoisotopic (exact) mass is 540 g/mol. The van der Waals surface area contributed by atoms with Gasteiger partial charge < -0.3 is 15.0 Å². The van der Waals surface area contributed by atoms with Crippen molar-refractivity contribution in [2.24, 2.45) is 0 Å². The number of carbonyl (C=O) groups is 1. The van der Waals surface area contributed by atoms with Crippen LogP contribution >= 0.6 is 0 Å². The number of anilines is 3. The lowest BCUT2D eigenvalue weighted by Crippen LogP contribution is -2.31. The Morgan fingerprint density at radius 1 is 1.11 bits per heavy atom. The molecule has 5 rings (SSSR count). The van der Waals surface area contributed by atoms with Gasteiger partial charge in [0.15, 0.2) is 15.7 Å². The summed E-state index contributed by atoms with van der Waals surface area (Å²) < 4.78 is 58.8. The topological polar surface area (TPSA) is 101 Å². The largest absolute Gasteiger partial charge is 0.469 e. The summed E-state index contributed by atoms with van der Waals surface area (Å²) in [6.45, 7) is 1.05. The Morgan fingerprint density at radius 2 is 1.89 bits per heavy atom. The average molecular weight is 541 g/mol. The summed E-state index contributed by atoms with van der Waals surface area (Å²) in [6, 6.07) is 10.5. The second kappa shape index (κ2) is 10.5. The number of nitrogens with zero attached hydrogens (tertiary/aromatic N) is 3. The van der Waals surface area contributed by atoms with Gasteiger partial charge in [-0.05, 0) is 60.2 Å². The van der Waals surface area contributed by atoms with E-state index in [1.807, 2.05) is 11.0 Å². The molecule has 198 valence electrons. The van der Waals surface area contributed by atoms with E-state index in [9.17, 15) is 22.0 Å². The molecular formula is C27H26F2N4O4S. The molecule has 0 fully saturated rings. The van der Waals surface area contributed by atoms with E-state index >= 15 is 0 Å². The highest BCUT2D eigenvalue weighted by molar-refractivity contribution is 7.91. The van der Waals surface area contributed by atoms with Gasteiger partial charge in [0, 0.05) is 13.1 Å². The van der Waals surface area contributed by atoms with Gasteiger partial charge in [-0.25, -0.2) is 22.2 Å². The van der Waals surface area contributed by atoms with E-state index in [1.165, 1.54) is 31.4 Å². The summed E-state index contributed by atoms with van der Waals surface area (Å²) in [7, 11) is -2.40. The fourth-order valence-electron chi connectivity index (χ4n) is 4.65. The summed E-state index contributed by atoms with van der Waals surface area (Å²) in [5.41, 5.74) is 2.88. The molecule has 0 unspecified atom stereocenters. The second-order valence-corrected chi connectivity index (χ2v) is 11.2. The highest BCUT2D eigenvalue weighted by atomic mass is 32.2. The van der Waals surface area contributed by atoms with Crippen LogP contribution < -0.4 is 10.2 Å². The van der Waals surface area contributed by atoms with Gasteiger partial charge in [0.05, 0.1) is 30.7 Å². The number of ether oxygens (including phenoxy) is 1. The molecule has 0 saturated carbocycles. The SMILES string of the molecule is COC(=O)Cc1ccc(Nc2nc(N3CC=C(c4ccc(F)cc4)CC3)nc3c2S(=O)(=O)CCC3)c(F)c1. The van der Waals surface area contributed by atoms with Gasteiger partial charge in [-0.2, -0.15) is 4.98 Å². The lowest BCUT2D eigenvalue weighted by molar-refractivity contribution is -0.139. The molecule has 0 atom stereocenters. The number of aryl methyl sites for hydroxylation is 1. The van der Waals surface area contributed by atoms with Crippen LogP contribution in [-0.4, -0.2) is 50.3 Å². The van der Waals surface area contributed by atoms with Crippen molar-refractivity contribution in [2.75, 3.05) is 36.2 Å². The first-order valence-electron chi connectivity index (χ1n) is 12.2. The van der Waals surface area contributed by atoms with E-state index in [-0.39, 0.29) is 34.4 Å². The first kappa shape index (κ1) is 25.8. The minimum atomic E-state index is -3.66. The molecule has 2 aliphatic heterocycles. The number of nitrogens with one attached hydrogen (secondary N) is 1. The number of esters is 1. The van der Waals surface area contributed by atoms with E-state index in [4.69, 9.17) is 0 Å². The van der Waals surface area contributed by atoms with Crippen LogP contribution in [0.4, 0.5) is 26.2 Å². The minimum Gasteiger partial charge on any atom is -0.469 e. The quantitative estimate of drug-likeness (QED) is 0.464. The number of hydrogen-bond donors (Lipinski definition) is 1. The number of methoxy groups -OCH3 is 1. The number of aromatic nitrogens is 2. The van der Waals surface area contributed by atoms with Crippen molar-refractivity contribution < 1.29 is 26.7 Å². The smallest absolute Gasteiger partial charge is 0.309 e. The predicted molar refractivity (Wildman–Crippen MR) is 139 cm³/mol. The van der Waals surface area contributed by atoms with E-state index < -0.39 is 21.6 Å². The summed E-state index contributed by atoms with van der Waals surface area (Å²) in [4.78, 5) is 22.6. The minimum absolute atomic E-state index is 0.00918. The van der Waals surface area contributed by atoms with Gasteiger partial charge in [0.25, 0.3) is 0 Å². The fourth-order valence-corrected chi connectivity index (χ4v) is 6.28. The maximum absolute atomic E-state index is 15.0. The standard InChI is InChI=1S/C27H26F2N4O4S/c1-37-24(34)16-17-4-9-22(21(29)15-17)30-26-25-23(3-2-14-38(25,35)36)31-27(32-26)33-12-10-19(11-13-33)18-5-7-20(28)8-6-18/h4-10,15H,2-3,11-14,16H2,1H3,(H,30,31,32). The van der Waals surface area contributed by atoms with E-state index in [0.717, 1.165) is 11.1 Å². The zero-order valence-corrected chi connectivity index (χ0v) is 21.5. The predicted octanol–water partition coefficient (Wildman–Crippen LogP) is 4.23. The Balaban J connectivity index is 1.46. The van der Waals surface area contributed by atoms with Gasteiger partial charge in [0.1, 0.15) is 16.5 Å². The third-order valence-electron chi connectivity index (χ3n) is 6.63. The maximum atomic E-state index is 15.0. The van der Waals surface area contributed by atoms with E-state index in [0.29, 0.717) is 49.6 Å². The molecule has 1 N–H and O–H groups in total. The Hall–Kier alpha value is -3.86. The third-order valence-corrected chi connectivity index (χ3v) is 8.51. The third kappa shape index (κ3) is 5.38. The van der Waals surface area contributed by atoms with Crippen LogP contribution in [0.5, 0.6) is 0 Å². The Kier molecular flexibility index (Phi) is 7.11. The van der Waals surface area contributed by atoms with Gasteiger partial charge in [-0.1, -0.05) is 24.3 Å². The molecule has 2 aromatic carbocycles. The number of sulfone groups is 1. The molecule has 0 spiro atoms. The molecule has 11 heteroatoms. The Morgan fingerprint density at radius 3 is 2.58 bits per heavy atom. The molecule has 0 aliphatic carbocycles. The molecule has 3 heterocycles. The van der Waals surface area contributed by atoms with Gasteiger partial charge in [-0.3, -0.25) is 4.79 Å². The zero-order valence-electron chi connectivity index (χ0n) is 20.7. The molecule has 0 amide bonds. The molecule has 3 aromatic rings. The molecule has 0 saturated heterocycles. The number of carbonyl (C=O) groups excluding carboxylic acids is 1. The van der Waals surface area contributed by atoms with Crippen molar-refractivity contribution in [1.82, 2.24) is 9.97 Å². The normalized spacial score (nSPS) is 16.4. The molecule has 1 aromatic heterocycles. The molecular weight excluding hydrogens is 514 g/mol. The van der Waals surface area contributed by atoms with Crippen LogP contribution in [0.1, 0.15) is 29.7 Å². The summed E-state index contributed by atoms with van der Waals surface area (Å²) in [5, 5.41) is 2.87. The van der Waals surface area contributed by atoms with Gasteiger partial charge in [-0.15, -0.1) is 0 Å². The van der Waals surface area contributed by atoms with E-state index in [2.05, 4.69) is 20.0 Å². The van der Waals surface area contributed by atoms with Crippen molar-refractivity contribution in [1.29, 1.82) is 0 Å². The molecule has 0 radical (unpaired) electrons. The summed E-state index contributed by atoms with van der Waals surface area (Å²) >= 11 is 0. The average Bonchev–Trinajstić information content (AvgIpc) is 2.90. The Labute approximate surface area is 219 Å². The lowest BCUT2D eigenvalue weighted by atomic mass is 10.00. The molecule has 0 bridgehead atoms. The highest BCUT2D eigenvalue weighted by Crippen LogP contribution is 2.34. The summed E-state index contributed by atoms with van der Waals surface area (Å²) in [5.74, 6) is -1.11. The number of halogens is 2. The van der Waals surface area contributed by atoms with Crippen LogP contribution in [0.25, 0.3) is 5.57 Å². The highest BCUT2D eigenvalue weighted by Gasteiger charge is 2.31. The van der Waals surface area contributed by atoms with Crippen molar-refractivity contribution >= 4 is 38.8 Å². The number of fused-ring (bicyclic) bond motifs is 1. The van der Waals surface area contributed by atoms with Crippen LogP contribution in [0, 0.1) is 11.6 Å². The molecule has 38 heavy (non-hydrogen) atoms. The second-order valence-electron chi connectivity index (χ2n) is 9.19. The maximum Gasteiger partial charge on any atom is 0.309 e. The zero-order chi connectivity index (χ0) is 26.9. The number of hydrogen-bond acceptors (Lipinski definition) is 8. The van der Waals surface area contributed by atoms with Crippen molar-refractivity contribution in [3.63, 3.8) is 0 Å². The van der Waals surface area contributed by atoms with Crippen molar-refractivity contribution in [3.8, 4) is 0 Å². The van der Waals surface area contributed by atoms with Gasteiger partial charge in [0.2, 0.25) is 5.95 Å². The van der Waals surface area contributed by atoms with Crippen LogP contribution in [0.15, 0.2) is 53.4 Å². The summed E-state index contributed by atoms with van der Waals surface area (Å²) in [6.07, 6.45) is 3.50. The Bertz CT molecular complexity index is 1520. The lowest BCUT2D eigenvalue weighted by Gasteiger charge is -2.29. The molecule has 2 aliphatic rings. The first-order valence-corrected chi connectivity index (χ1v) is 13.8. The van der Waals surface area contributed by atoms with Crippen LogP contribution in [0.3, 0.4) is 0 Å². The van der Waals surface area contributed by atoms with Crippen molar-refractivity contribution in [3.05, 3.63) is 77.0 Å². The number of rotatable bonds is 6. The van der Waals surface area contributed by atoms with Crippen LogP contribution in [0.2, 0.25) is 0 Å². The van der Waals surface area contributed by atoms with Crippen LogP contribution in [-0.2, 0) is 32.2 Å². The van der Waals surface area contributed by atoms with Crippen molar-refractivity contribution in [2.45, 2.75) is 30.6 Å². The number of benzene rings is 2. The first-order chi connectivity index (χ1) is 18.2. The van der Waals surface area contributed by atoms with E-state index in [1.54, 1.807) is 18.2 Å².